The van der Waals surface area contributed by atoms with E-state index in [1.54, 1.807) is 15.7 Å². The number of imidazole rings is 1. The first kappa shape index (κ1) is 12.1. The first-order chi connectivity index (χ1) is 7.91. The van der Waals surface area contributed by atoms with Gasteiger partial charge in [0, 0.05) is 11.1 Å². The molecule has 0 aliphatic rings. The molecular weight excluding hydrogens is 236 g/mol. The second kappa shape index (κ2) is 4.14. The predicted molar refractivity (Wildman–Crippen MR) is 68.2 cm³/mol. The van der Waals surface area contributed by atoms with Gasteiger partial charge in [-0.3, -0.25) is 4.40 Å². The number of carbonyl (C=O) groups is 1. The van der Waals surface area contributed by atoms with Crippen molar-refractivity contribution in [1.82, 2.24) is 9.38 Å². The predicted octanol–water partition coefficient (Wildman–Crippen LogP) is 3.34. The van der Waals surface area contributed by atoms with Gasteiger partial charge in [0.2, 0.25) is 0 Å². The van der Waals surface area contributed by atoms with E-state index in [-0.39, 0.29) is 5.92 Å². The van der Waals surface area contributed by atoms with Gasteiger partial charge in [-0.1, -0.05) is 27.7 Å². The third kappa shape index (κ3) is 1.95. The van der Waals surface area contributed by atoms with Crippen molar-refractivity contribution in [2.24, 2.45) is 0 Å². The molecule has 0 saturated carbocycles. The number of aromatic carboxylic acids is 1. The normalized spacial score (nSPS) is 11.9. The first-order valence-corrected chi connectivity index (χ1v) is 6.48. The summed E-state index contributed by atoms with van der Waals surface area (Å²) in [6.07, 6.45) is 1.90. The minimum absolute atomic E-state index is 0.121. The van der Waals surface area contributed by atoms with E-state index in [0.29, 0.717) is 17.3 Å². The molecule has 2 heterocycles. The topological polar surface area (TPSA) is 54.6 Å². The van der Waals surface area contributed by atoms with E-state index in [2.05, 4.69) is 18.8 Å². The molecule has 0 spiro atoms. The second-order valence-electron chi connectivity index (χ2n) is 4.75. The maximum absolute atomic E-state index is 11.3. The molecule has 0 aliphatic heterocycles. The van der Waals surface area contributed by atoms with Crippen molar-refractivity contribution in [1.29, 1.82) is 0 Å². The number of carboxylic acids is 1. The molecule has 0 bridgehead atoms. The highest BCUT2D eigenvalue weighted by Gasteiger charge is 2.22. The molecule has 1 N–H and O–H groups in total. The third-order valence-electron chi connectivity index (χ3n) is 2.69. The Bertz CT molecular complexity index is 566. The molecule has 0 amide bonds. The fourth-order valence-electron chi connectivity index (χ4n) is 1.76. The number of carboxylic acid groups (broad SMARTS) is 1. The van der Waals surface area contributed by atoms with Gasteiger partial charge in [-0.05, 0) is 11.8 Å². The van der Waals surface area contributed by atoms with Crippen molar-refractivity contribution in [3.8, 4) is 0 Å². The largest absolute Gasteiger partial charge is 0.477 e. The van der Waals surface area contributed by atoms with Gasteiger partial charge in [-0.15, -0.1) is 11.3 Å². The highest BCUT2D eigenvalue weighted by atomic mass is 32.1. The third-order valence-corrected chi connectivity index (χ3v) is 3.97. The molecular formula is C12H16N2O2S. The number of nitrogens with zero attached hydrogens (tertiary/aromatic N) is 2. The monoisotopic (exact) mass is 252 g/mol. The highest BCUT2D eigenvalue weighted by Crippen LogP contribution is 2.29. The Morgan fingerprint density at radius 3 is 2.47 bits per heavy atom. The van der Waals surface area contributed by atoms with Crippen LogP contribution in [0.3, 0.4) is 0 Å². The van der Waals surface area contributed by atoms with Crippen LogP contribution >= 0.6 is 11.3 Å². The van der Waals surface area contributed by atoms with E-state index in [0.717, 1.165) is 9.84 Å². The molecule has 0 atom stereocenters. The Balaban J connectivity index is 2.69. The van der Waals surface area contributed by atoms with Crippen molar-refractivity contribution in [2.75, 3.05) is 0 Å². The van der Waals surface area contributed by atoms with Gasteiger partial charge in [-0.2, -0.15) is 0 Å². The van der Waals surface area contributed by atoms with Gasteiger partial charge in [0.25, 0.3) is 0 Å². The molecule has 0 unspecified atom stereocenters. The Morgan fingerprint density at radius 1 is 1.35 bits per heavy atom. The molecule has 92 valence electrons. The SMILES string of the molecule is CC(C)c1cn2c(C(=O)O)c(C(C)C)nc2s1. The summed E-state index contributed by atoms with van der Waals surface area (Å²) in [7, 11) is 0. The standard InChI is InChI=1S/C12H16N2O2S/c1-6(2)8-5-14-10(11(15)16)9(7(3)4)13-12(14)17-8/h5-7H,1-4H3,(H,15,16). The molecule has 5 heteroatoms. The Kier molecular flexibility index (Phi) is 2.95. The van der Waals surface area contributed by atoms with Crippen LogP contribution in [0.2, 0.25) is 0 Å². The van der Waals surface area contributed by atoms with E-state index >= 15 is 0 Å². The zero-order chi connectivity index (χ0) is 12.7. The molecule has 2 rings (SSSR count). The van der Waals surface area contributed by atoms with Gasteiger partial charge < -0.3 is 5.11 Å². The number of fused-ring (bicyclic) bond motifs is 1. The average Bonchev–Trinajstić information content (AvgIpc) is 2.71. The molecule has 0 aliphatic carbocycles. The highest BCUT2D eigenvalue weighted by molar-refractivity contribution is 7.17. The van der Waals surface area contributed by atoms with E-state index < -0.39 is 5.97 Å². The molecule has 0 radical (unpaired) electrons. The van der Waals surface area contributed by atoms with Gasteiger partial charge in [0.05, 0.1) is 5.69 Å². The number of rotatable bonds is 3. The summed E-state index contributed by atoms with van der Waals surface area (Å²) in [6, 6.07) is 0. The van der Waals surface area contributed by atoms with Gasteiger partial charge in [0.1, 0.15) is 0 Å². The lowest BCUT2D eigenvalue weighted by Gasteiger charge is -2.02. The number of aromatic nitrogens is 2. The van der Waals surface area contributed by atoms with E-state index in [1.165, 1.54) is 0 Å². The van der Waals surface area contributed by atoms with Crippen molar-refractivity contribution in [3.05, 3.63) is 22.5 Å². The summed E-state index contributed by atoms with van der Waals surface area (Å²) < 4.78 is 1.71. The van der Waals surface area contributed by atoms with Gasteiger partial charge >= 0.3 is 5.97 Å². The van der Waals surface area contributed by atoms with Crippen LogP contribution in [-0.4, -0.2) is 20.5 Å². The summed E-state index contributed by atoms with van der Waals surface area (Å²) in [5, 5.41) is 9.29. The Hall–Kier alpha value is -1.36. The zero-order valence-corrected chi connectivity index (χ0v) is 11.2. The molecule has 0 fully saturated rings. The minimum Gasteiger partial charge on any atom is -0.477 e. The van der Waals surface area contributed by atoms with Crippen LogP contribution in [0.25, 0.3) is 4.96 Å². The summed E-state index contributed by atoms with van der Waals surface area (Å²) in [4.78, 5) is 17.7. The van der Waals surface area contributed by atoms with Gasteiger partial charge in [0.15, 0.2) is 10.7 Å². The first-order valence-electron chi connectivity index (χ1n) is 5.66. The fraction of sp³-hybridized carbons (Fsp3) is 0.500. The quantitative estimate of drug-likeness (QED) is 0.911. The number of thiazole rings is 1. The summed E-state index contributed by atoms with van der Waals surface area (Å²) in [5.41, 5.74) is 0.970. The number of hydrogen-bond acceptors (Lipinski definition) is 3. The Morgan fingerprint density at radius 2 is 2.00 bits per heavy atom. The van der Waals surface area contributed by atoms with Crippen LogP contribution in [0.15, 0.2) is 6.20 Å². The van der Waals surface area contributed by atoms with E-state index in [1.807, 2.05) is 20.0 Å². The van der Waals surface area contributed by atoms with Crippen molar-refractivity contribution in [2.45, 2.75) is 39.5 Å². The van der Waals surface area contributed by atoms with Gasteiger partial charge in [-0.25, -0.2) is 9.78 Å². The van der Waals surface area contributed by atoms with Crippen LogP contribution in [0.4, 0.5) is 0 Å². The number of hydrogen-bond donors (Lipinski definition) is 1. The zero-order valence-electron chi connectivity index (χ0n) is 10.4. The van der Waals surface area contributed by atoms with Crippen LogP contribution in [0, 0.1) is 0 Å². The lowest BCUT2D eigenvalue weighted by molar-refractivity contribution is 0.0687. The second-order valence-corrected chi connectivity index (χ2v) is 5.79. The lowest BCUT2D eigenvalue weighted by atomic mass is 10.1. The summed E-state index contributed by atoms with van der Waals surface area (Å²) in [5.74, 6) is -0.393. The molecule has 0 aromatic carbocycles. The molecule has 2 aromatic heterocycles. The molecule has 2 aromatic rings. The molecule has 17 heavy (non-hydrogen) atoms. The molecule has 4 nitrogen and oxygen atoms in total. The molecule has 0 saturated heterocycles. The fourth-order valence-corrected chi connectivity index (χ4v) is 2.75. The lowest BCUT2D eigenvalue weighted by Crippen LogP contribution is -2.06. The van der Waals surface area contributed by atoms with Crippen molar-refractivity contribution < 1.29 is 9.90 Å². The van der Waals surface area contributed by atoms with Crippen LogP contribution in [-0.2, 0) is 0 Å². The van der Waals surface area contributed by atoms with Crippen LogP contribution in [0.1, 0.15) is 60.6 Å². The van der Waals surface area contributed by atoms with Crippen LogP contribution in [0.5, 0.6) is 0 Å². The smallest absolute Gasteiger partial charge is 0.354 e. The maximum atomic E-state index is 11.3. The van der Waals surface area contributed by atoms with E-state index in [4.69, 9.17) is 0 Å². The van der Waals surface area contributed by atoms with Crippen molar-refractivity contribution >= 4 is 22.3 Å². The van der Waals surface area contributed by atoms with Crippen LogP contribution < -0.4 is 0 Å². The Labute approximate surface area is 104 Å². The van der Waals surface area contributed by atoms with Crippen molar-refractivity contribution in [3.63, 3.8) is 0 Å². The maximum Gasteiger partial charge on any atom is 0.354 e. The summed E-state index contributed by atoms with van der Waals surface area (Å²) >= 11 is 1.56. The minimum atomic E-state index is -0.908. The average molecular weight is 252 g/mol. The summed E-state index contributed by atoms with van der Waals surface area (Å²) in [6.45, 7) is 8.11. The van der Waals surface area contributed by atoms with E-state index in [9.17, 15) is 9.90 Å².